The first-order valence-electron chi connectivity index (χ1n) is 4.75. The molecule has 0 amide bonds. The van der Waals surface area contributed by atoms with E-state index in [0.29, 0.717) is 0 Å². The van der Waals surface area contributed by atoms with Gasteiger partial charge in [0.05, 0.1) is 0 Å². The van der Waals surface area contributed by atoms with Crippen molar-refractivity contribution in [1.29, 1.82) is 0 Å². The zero-order valence-corrected chi connectivity index (χ0v) is 9.30. The van der Waals surface area contributed by atoms with Gasteiger partial charge in [-0.3, -0.25) is 0 Å². The van der Waals surface area contributed by atoms with Crippen LogP contribution in [0.3, 0.4) is 0 Å². The van der Waals surface area contributed by atoms with Crippen LogP contribution in [0.15, 0.2) is 0 Å². The van der Waals surface area contributed by atoms with E-state index in [1.807, 2.05) is 0 Å². The van der Waals surface area contributed by atoms with Crippen LogP contribution in [0, 0.1) is 0 Å². The predicted molar refractivity (Wildman–Crippen MR) is 41.5 cm³/mol. The molecule has 0 saturated carbocycles. The van der Waals surface area contributed by atoms with Crippen LogP contribution in [-0.2, 0) is 0 Å². The lowest BCUT2D eigenvalue weighted by Crippen LogP contribution is -2.60. The van der Waals surface area contributed by atoms with Crippen LogP contribution in [-0.4, -0.2) is 49.1 Å². The van der Waals surface area contributed by atoms with Gasteiger partial charge in [-0.1, -0.05) is 0 Å². The highest BCUT2D eigenvalue weighted by Crippen LogP contribution is 2.50. The van der Waals surface area contributed by atoms with Crippen molar-refractivity contribution in [2.45, 2.75) is 49.1 Å². The Bertz CT molecular complexity index is 334. The Balaban J connectivity index is 5.36. The Morgan fingerprint density at radius 3 is 1.19 bits per heavy atom. The summed E-state index contributed by atoms with van der Waals surface area (Å²) in [6, 6.07) is 0. The summed E-state index contributed by atoms with van der Waals surface area (Å²) in [7, 11) is 0. The standard InChI is InChI=1S/C8H5F13/c9-1(3(11)5(13)14)2(10)4(12)6(15,16)7(17,18)8(19,20)21/h1-5H. The van der Waals surface area contributed by atoms with Crippen molar-refractivity contribution in [2.75, 3.05) is 0 Å². The minimum absolute atomic E-state index is 4.19. The molecule has 13 heteroatoms. The Morgan fingerprint density at radius 1 is 0.524 bits per heavy atom. The summed E-state index contributed by atoms with van der Waals surface area (Å²) in [5.41, 5.74) is 0. The number of alkyl halides is 13. The molecule has 21 heavy (non-hydrogen) atoms. The topological polar surface area (TPSA) is 0 Å². The van der Waals surface area contributed by atoms with Crippen LogP contribution in [0.25, 0.3) is 0 Å². The molecule has 0 nitrogen and oxygen atoms in total. The molecule has 4 atom stereocenters. The molecular formula is C8H5F13. The van der Waals surface area contributed by atoms with E-state index in [-0.39, 0.29) is 0 Å². The van der Waals surface area contributed by atoms with Crippen molar-refractivity contribution in [2.24, 2.45) is 0 Å². The van der Waals surface area contributed by atoms with Crippen molar-refractivity contribution in [3.63, 3.8) is 0 Å². The summed E-state index contributed by atoms with van der Waals surface area (Å²) in [6.07, 6.45) is -29.8. The fourth-order valence-corrected chi connectivity index (χ4v) is 1.04. The van der Waals surface area contributed by atoms with Gasteiger partial charge in [-0.05, 0) is 0 Å². The molecular weight excluding hydrogens is 343 g/mol. The maximum absolute atomic E-state index is 12.7. The number of halogens is 13. The van der Waals surface area contributed by atoms with Crippen molar-refractivity contribution < 1.29 is 57.1 Å². The first-order valence-corrected chi connectivity index (χ1v) is 4.75. The van der Waals surface area contributed by atoms with Gasteiger partial charge >= 0.3 is 18.0 Å². The fraction of sp³-hybridized carbons (Fsp3) is 1.00. The summed E-state index contributed by atoms with van der Waals surface area (Å²) in [4.78, 5) is 0. The zero-order valence-electron chi connectivity index (χ0n) is 9.30. The minimum Gasteiger partial charge on any atom is -0.241 e. The minimum atomic E-state index is -7.12. The second-order valence-electron chi connectivity index (χ2n) is 3.76. The third-order valence-corrected chi connectivity index (χ3v) is 2.25. The van der Waals surface area contributed by atoms with Gasteiger partial charge in [-0.25, -0.2) is 26.3 Å². The Kier molecular flexibility index (Phi) is 5.80. The Labute approximate surface area is 107 Å². The predicted octanol–water partition coefficient (Wildman–Crippen LogP) is 4.44. The van der Waals surface area contributed by atoms with E-state index in [1.165, 1.54) is 0 Å². The van der Waals surface area contributed by atoms with Gasteiger partial charge in [-0.15, -0.1) is 0 Å². The van der Waals surface area contributed by atoms with Crippen molar-refractivity contribution in [3.8, 4) is 0 Å². The van der Waals surface area contributed by atoms with E-state index < -0.39 is 49.1 Å². The fourth-order valence-electron chi connectivity index (χ4n) is 1.04. The van der Waals surface area contributed by atoms with Gasteiger partial charge in [0.15, 0.2) is 18.5 Å². The van der Waals surface area contributed by atoms with Crippen molar-refractivity contribution in [3.05, 3.63) is 0 Å². The van der Waals surface area contributed by atoms with Crippen LogP contribution >= 0.6 is 0 Å². The summed E-state index contributed by atoms with van der Waals surface area (Å²) in [5, 5.41) is 0. The van der Waals surface area contributed by atoms with Gasteiger partial charge in [-0.2, -0.15) is 30.7 Å². The third-order valence-electron chi connectivity index (χ3n) is 2.25. The summed E-state index contributed by atoms with van der Waals surface area (Å²) >= 11 is 0. The Morgan fingerprint density at radius 2 is 0.905 bits per heavy atom. The number of rotatable bonds is 6. The van der Waals surface area contributed by atoms with Crippen molar-refractivity contribution >= 4 is 0 Å². The highest BCUT2D eigenvalue weighted by molar-refractivity contribution is 5.01. The van der Waals surface area contributed by atoms with Crippen LogP contribution in [0.2, 0.25) is 0 Å². The second-order valence-corrected chi connectivity index (χ2v) is 3.76. The highest BCUT2D eigenvalue weighted by atomic mass is 19.4. The number of hydrogen-bond donors (Lipinski definition) is 0. The molecule has 0 N–H and O–H groups in total. The molecule has 0 saturated heterocycles. The highest BCUT2D eigenvalue weighted by Gasteiger charge is 2.77. The van der Waals surface area contributed by atoms with Crippen LogP contribution in [0.4, 0.5) is 57.1 Å². The first kappa shape index (κ1) is 20.1. The third kappa shape index (κ3) is 3.65. The second kappa shape index (κ2) is 6.07. The van der Waals surface area contributed by atoms with Crippen LogP contribution in [0.5, 0.6) is 0 Å². The van der Waals surface area contributed by atoms with Gasteiger partial charge in [0, 0.05) is 0 Å². The summed E-state index contributed by atoms with van der Waals surface area (Å²) < 4.78 is 158. The molecule has 0 radical (unpaired) electrons. The van der Waals surface area contributed by atoms with E-state index >= 15 is 0 Å². The Hall–Kier alpha value is -0.910. The lowest BCUT2D eigenvalue weighted by molar-refractivity contribution is -0.369. The molecule has 128 valence electrons. The quantitative estimate of drug-likeness (QED) is 0.623. The van der Waals surface area contributed by atoms with Gasteiger partial charge in [0.25, 0.3) is 6.43 Å². The lowest BCUT2D eigenvalue weighted by atomic mass is 9.98. The molecule has 0 rings (SSSR count). The molecule has 0 aliphatic carbocycles. The maximum Gasteiger partial charge on any atom is 0.459 e. The molecule has 0 aromatic rings. The molecule has 0 aromatic carbocycles. The molecule has 0 aromatic heterocycles. The van der Waals surface area contributed by atoms with Crippen molar-refractivity contribution in [1.82, 2.24) is 0 Å². The molecule has 4 unspecified atom stereocenters. The largest absolute Gasteiger partial charge is 0.459 e. The SMILES string of the molecule is FC(F)C(F)C(F)C(F)C(F)C(F)(F)C(F)(F)C(F)(F)F. The maximum atomic E-state index is 12.7. The van der Waals surface area contributed by atoms with Gasteiger partial charge in [0.2, 0.25) is 6.17 Å². The summed E-state index contributed by atoms with van der Waals surface area (Å²) in [5.74, 6) is -14.0. The molecule has 0 bridgehead atoms. The average molecular weight is 348 g/mol. The van der Waals surface area contributed by atoms with E-state index in [2.05, 4.69) is 0 Å². The van der Waals surface area contributed by atoms with E-state index in [4.69, 9.17) is 0 Å². The smallest absolute Gasteiger partial charge is 0.241 e. The van der Waals surface area contributed by atoms with E-state index in [1.54, 1.807) is 0 Å². The van der Waals surface area contributed by atoms with E-state index in [9.17, 15) is 57.1 Å². The summed E-state index contributed by atoms with van der Waals surface area (Å²) in [6.45, 7) is 0. The monoisotopic (exact) mass is 348 g/mol. The van der Waals surface area contributed by atoms with Gasteiger partial charge < -0.3 is 0 Å². The zero-order chi connectivity index (χ0) is 17.4. The van der Waals surface area contributed by atoms with Crippen LogP contribution in [0.1, 0.15) is 0 Å². The number of hydrogen-bond acceptors (Lipinski definition) is 0. The molecule has 0 aliphatic heterocycles. The normalized spacial score (nSPS) is 20.3. The average Bonchev–Trinajstić information content (AvgIpc) is 2.33. The van der Waals surface area contributed by atoms with Crippen LogP contribution < -0.4 is 0 Å². The lowest BCUT2D eigenvalue weighted by Gasteiger charge is -2.32. The molecule has 0 fully saturated rings. The molecule has 0 aliphatic rings. The molecule has 0 heterocycles. The molecule has 0 spiro atoms. The van der Waals surface area contributed by atoms with Gasteiger partial charge in [0.1, 0.15) is 0 Å². The first-order chi connectivity index (χ1) is 9.09. The van der Waals surface area contributed by atoms with E-state index in [0.717, 1.165) is 0 Å².